The molecule has 0 aliphatic heterocycles. The molecular formula is C12H17N3O3S. The minimum atomic E-state index is -3.56. The summed E-state index contributed by atoms with van der Waals surface area (Å²) in [5, 5.41) is 4.02. The Hall–Kier alpha value is -1.60. The van der Waals surface area contributed by atoms with E-state index in [-0.39, 0.29) is 17.5 Å². The zero-order chi connectivity index (χ0) is 14.0. The van der Waals surface area contributed by atoms with Crippen molar-refractivity contribution in [3.63, 3.8) is 0 Å². The average molecular weight is 283 g/mol. The van der Waals surface area contributed by atoms with Gasteiger partial charge in [0.15, 0.2) is 0 Å². The second kappa shape index (κ2) is 5.18. The summed E-state index contributed by atoms with van der Waals surface area (Å²) in [5.74, 6) is 1.33. The second-order valence-electron chi connectivity index (χ2n) is 4.59. The number of furan rings is 1. The standard InChI is InChI=1S/C12H17N3O3S/c1-9(2)15-8-12(7-13-15)19(16,17)14-6-11-5-4-10(3)18-11/h4-5,7-9,14H,6H2,1-3H3. The van der Waals surface area contributed by atoms with Crippen molar-refractivity contribution in [1.29, 1.82) is 0 Å². The lowest BCUT2D eigenvalue weighted by Gasteiger charge is -2.04. The lowest BCUT2D eigenvalue weighted by atomic mass is 10.4. The van der Waals surface area contributed by atoms with E-state index in [0.717, 1.165) is 5.76 Å². The van der Waals surface area contributed by atoms with E-state index < -0.39 is 10.0 Å². The first-order valence-electron chi connectivity index (χ1n) is 5.97. The van der Waals surface area contributed by atoms with E-state index >= 15 is 0 Å². The summed E-state index contributed by atoms with van der Waals surface area (Å²) in [6.07, 6.45) is 2.86. The molecule has 19 heavy (non-hydrogen) atoms. The van der Waals surface area contributed by atoms with Crippen LogP contribution in [0.25, 0.3) is 0 Å². The molecule has 2 aromatic rings. The van der Waals surface area contributed by atoms with Crippen LogP contribution in [-0.2, 0) is 16.6 Å². The Morgan fingerprint density at radius 1 is 1.42 bits per heavy atom. The predicted molar refractivity (Wildman–Crippen MR) is 70.1 cm³/mol. The first-order valence-corrected chi connectivity index (χ1v) is 7.46. The fourth-order valence-electron chi connectivity index (χ4n) is 1.57. The zero-order valence-corrected chi connectivity index (χ0v) is 11.9. The van der Waals surface area contributed by atoms with Crippen LogP contribution in [0.1, 0.15) is 31.4 Å². The minimum Gasteiger partial charge on any atom is -0.465 e. The molecule has 0 saturated carbocycles. The summed E-state index contributed by atoms with van der Waals surface area (Å²) < 4.78 is 33.5. The third-order valence-electron chi connectivity index (χ3n) is 2.65. The molecule has 104 valence electrons. The largest absolute Gasteiger partial charge is 0.465 e. The molecule has 2 aromatic heterocycles. The van der Waals surface area contributed by atoms with Crippen LogP contribution in [0, 0.1) is 6.92 Å². The van der Waals surface area contributed by atoms with E-state index in [2.05, 4.69) is 9.82 Å². The Morgan fingerprint density at radius 3 is 2.68 bits per heavy atom. The van der Waals surface area contributed by atoms with Crippen LogP contribution in [0.5, 0.6) is 0 Å². The highest BCUT2D eigenvalue weighted by Crippen LogP contribution is 2.12. The average Bonchev–Trinajstić information content (AvgIpc) is 2.95. The Morgan fingerprint density at radius 2 is 2.16 bits per heavy atom. The maximum atomic E-state index is 12.0. The van der Waals surface area contributed by atoms with Gasteiger partial charge in [0.2, 0.25) is 10.0 Å². The third-order valence-corrected chi connectivity index (χ3v) is 4.01. The Labute approximate surface area is 112 Å². The van der Waals surface area contributed by atoms with Gasteiger partial charge >= 0.3 is 0 Å². The highest BCUT2D eigenvalue weighted by Gasteiger charge is 2.17. The SMILES string of the molecule is Cc1ccc(CNS(=O)(=O)c2cnn(C(C)C)c2)o1. The van der Waals surface area contributed by atoms with Crippen molar-refractivity contribution in [3.05, 3.63) is 36.0 Å². The molecule has 0 aliphatic rings. The molecule has 0 unspecified atom stereocenters. The number of hydrogen-bond donors (Lipinski definition) is 1. The summed E-state index contributed by atoms with van der Waals surface area (Å²) in [6, 6.07) is 3.66. The molecule has 0 aromatic carbocycles. The van der Waals surface area contributed by atoms with Crippen LogP contribution in [-0.4, -0.2) is 18.2 Å². The van der Waals surface area contributed by atoms with Crippen molar-refractivity contribution in [2.45, 2.75) is 38.3 Å². The number of aryl methyl sites for hydroxylation is 1. The monoisotopic (exact) mass is 283 g/mol. The highest BCUT2D eigenvalue weighted by molar-refractivity contribution is 7.89. The van der Waals surface area contributed by atoms with E-state index in [4.69, 9.17) is 4.42 Å². The van der Waals surface area contributed by atoms with Gasteiger partial charge in [-0.15, -0.1) is 0 Å². The first-order chi connectivity index (χ1) is 8.88. The number of nitrogens with one attached hydrogen (secondary N) is 1. The summed E-state index contributed by atoms with van der Waals surface area (Å²) in [4.78, 5) is 0.157. The molecule has 0 saturated heterocycles. The van der Waals surface area contributed by atoms with Crippen molar-refractivity contribution in [2.24, 2.45) is 0 Å². The van der Waals surface area contributed by atoms with Gasteiger partial charge in [-0.2, -0.15) is 5.10 Å². The molecular weight excluding hydrogens is 266 g/mol. The normalized spacial score (nSPS) is 12.2. The quantitative estimate of drug-likeness (QED) is 0.908. The lowest BCUT2D eigenvalue weighted by Crippen LogP contribution is -2.22. The van der Waals surface area contributed by atoms with Crippen LogP contribution < -0.4 is 4.72 Å². The Bertz CT molecular complexity index is 655. The summed E-state index contributed by atoms with van der Waals surface area (Å²) in [7, 11) is -3.56. The second-order valence-corrected chi connectivity index (χ2v) is 6.35. The zero-order valence-electron chi connectivity index (χ0n) is 11.1. The van der Waals surface area contributed by atoms with Crippen molar-refractivity contribution in [2.75, 3.05) is 0 Å². The fraction of sp³-hybridized carbons (Fsp3) is 0.417. The lowest BCUT2D eigenvalue weighted by molar-refractivity contribution is 0.475. The number of aromatic nitrogens is 2. The molecule has 1 N–H and O–H groups in total. The maximum absolute atomic E-state index is 12.0. The molecule has 0 amide bonds. The van der Waals surface area contributed by atoms with Crippen molar-refractivity contribution >= 4 is 10.0 Å². The van der Waals surface area contributed by atoms with Gasteiger partial charge in [0.05, 0.1) is 12.7 Å². The Balaban J connectivity index is 2.09. The van der Waals surface area contributed by atoms with E-state index in [1.165, 1.54) is 12.4 Å². The number of hydrogen-bond acceptors (Lipinski definition) is 4. The number of nitrogens with zero attached hydrogens (tertiary/aromatic N) is 2. The van der Waals surface area contributed by atoms with Gasteiger partial charge in [0.25, 0.3) is 0 Å². The first kappa shape index (κ1) is 13.8. The van der Waals surface area contributed by atoms with Gasteiger partial charge < -0.3 is 4.42 Å². The minimum absolute atomic E-state index is 0.122. The predicted octanol–water partition coefficient (Wildman–Crippen LogP) is 1.84. The Kier molecular flexibility index (Phi) is 3.77. The van der Waals surface area contributed by atoms with Crippen LogP contribution in [0.3, 0.4) is 0 Å². The number of sulfonamides is 1. The van der Waals surface area contributed by atoms with Crippen LogP contribution in [0.4, 0.5) is 0 Å². The third kappa shape index (κ3) is 3.24. The van der Waals surface area contributed by atoms with Crippen LogP contribution in [0.15, 0.2) is 33.8 Å². The number of rotatable bonds is 5. The van der Waals surface area contributed by atoms with Crippen LogP contribution >= 0.6 is 0 Å². The van der Waals surface area contributed by atoms with E-state index in [1.807, 2.05) is 20.8 Å². The molecule has 2 rings (SSSR count). The van der Waals surface area contributed by atoms with Gasteiger partial charge in [0.1, 0.15) is 16.4 Å². The summed E-state index contributed by atoms with van der Waals surface area (Å²) in [6.45, 7) is 5.80. The molecule has 0 atom stereocenters. The molecule has 0 radical (unpaired) electrons. The smallest absolute Gasteiger partial charge is 0.244 e. The molecule has 0 aliphatic carbocycles. The van der Waals surface area contributed by atoms with E-state index in [0.29, 0.717) is 5.76 Å². The molecule has 2 heterocycles. The molecule has 6 nitrogen and oxygen atoms in total. The van der Waals surface area contributed by atoms with Crippen molar-refractivity contribution in [3.8, 4) is 0 Å². The van der Waals surface area contributed by atoms with Gasteiger partial charge in [-0.1, -0.05) is 0 Å². The van der Waals surface area contributed by atoms with Gasteiger partial charge in [-0.05, 0) is 32.9 Å². The van der Waals surface area contributed by atoms with Crippen LogP contribution in [0.2, 0.25) is 0 Å². The van der Waals surface area contributed by atoms with Gasteiger partial charge in [-0.25, -0.2) is 13.1 Å². The topological polar surface area (TPSA) is 77.1 Å². The van der Waals surface area contributed by atoms with Gasteiger partial charge in [-0.3, -0.25) is 4.68 Å². The van der Waals surface area contributed by atoms with E-state index in [9.17, 15) is 8.42 Å². The summed E-state index contributed by atoms with van der Waals surface area (Å²) in [5.41, 5.74) is 0. The molecule has 0 spiro atoms. The molecule has 0 bridgehead atoms. The molecule has 7 heteroatoms. The maximum Gasteiger partial charge on any atom is 0.244 e. The highest BCUT2D eigenvalue weighted by atomic mass is 32.2. The van der Waals surface area contributed by atoms with Crippen molar-refractivity contribution in [1.82, 2.24) is 14.5 Å². The molecule has 0 fully saturated rings. The fourth-order valence-corrected chi connectivity index (χ4v) is 2.50. The van der Waals surface area contributed by atoms with Crippen molar-refractivity contribution < 1.29 is 12.8 Å². The van der Waals surface area contributed by atoms with E-state index in [1.54, 1.807) is 16.8 Å². The van der Waals surface area contributed by atoms with Gasteiger partial charge in [0, 0.05) is 12.2 Å². The summed E-state index contributed by atoms with van der Waals surface area (Å²) >= 11 is 0.